The Balaban J connectivity index is 2.13. The minimum Gasteiger partial charge on any atom is -0.497 e. The van der Waals surface area contributed by atoms with Gasteiger partial charge >= 0.3 is 0 Å². The van der Waals surface area contributed by atoms with Crippen molar-refractivity contribution in [2.45, 2.75) is 13.5 Å². The van der Waals surface area contributed by atoms with Crippen LogP contribution in [0.5, 0.6) is 5.75 Å². The molecule has 0 aliphatic carbocycles. The Kier molecular flexibility index (Phi) is 3.79. The second-order valence-corrected chi connectivity index (χ2v) is 4.12. The predicted molar refractivity (Wildman–Crippen MR) is 68.4 cm³/mol. The molecule has 100 valence electrons. The molecule has 6 heteroatoms. The van der Waals surface area contributed by atoms with Crippen LogP contribution in [0.1, 0.15) is 12.8 Å². The minimum atomic E-state index is -0.0517. The number of aromatic nitrogens is 2. The number of benzene rings is 1. The van der Waals surface area contributed by atoms with E-state index in [-0.39, 0.29) is 5.91 Å². The van der Waals surface area contributed by atoms with Crippen LogP contribution in [0.3, 0.4) is 0 Å². The number of amides is 1. The summed E-state index contributed by atoms with van der Waals surface area (Å²) in [4.78, 5) is 16.9. The monoisotopic (exact) mass is 261 g/mol. The summed E-state index contributed by atoms with van der Waals surface area (Å²) in [5.74, 6) is 1.62. The zero-order chi connectivity index (χ0) is 13.8. The Morgan fingerprint density at radius 3 is 2.63 bits per heavy atom. The van der Waals surface area contributed by atoms with Crippen LogP contribution in [0.2, 0.25) is 0 Å². The maximum absolute atomic E-state index is 11.1. The molecule has 0 bridgehead atoms. The van der Waals surface area contributed by atoms with E-state index in [0.29, 0.717) is 18.3 Å². The lowest BCUT2D eigenvalue weighted by molar-refractivity contribution is -0.128. The van der Waals surface area contributed by atoms with Gasteiger partial charge in [0.25, 0.3) is 0 Å². The van der Waals surface area contributed by atoms with Crippen molar-refractivity contribution in [3.8, 4) is 17.1 Å². The minimum absolute atomic E-state index is 0.0517. The van der Waals surface area contributed by atoms with Crippen molar-refractivity contribution >= 4 is 5.91 Å². The van der Waals surface area contributed by atoms with E-state index < -0.39 is 0 Å². The lowest BCUT2D eigenvalue weighted by Gasteiger charge is -2.10. The van der Waals surface area contributed by atoms with Crippen LogP contribution >= 0.6 is 0 Å². The van der Waals surface area contributed by atoms with Gasteiger partial charge in [-0.15, -0.1) is 0 Å². The van der Waals surface area contributed by atoms with E-state index in [2.05, 4.69) is 10.1 Å². The SMILES string of the molecule is COc1ccc(-c2noc(CN(C)C(C)=O)n2)cc1. The third-order valence-electron chi connectivity index (χ3n) is 2.73. The molecule has 1 aromatic heterocycles. The van der Waals surface area contributed by atoms with Crippen LogP contribution in [-0.2, 0) is 11.3 Å². The lowest BCUT2D eigenvalue weighted by atomic mass is 10.2. The van der Waals surface area contributed by atoms with Crippen LogP contribution in [0, 0.1) is 0 Å². The Morgan fingerprint density at radius 1 is 1.37 bits per heavy atom. The first-order chi connectivity index (χ1) is 9.10. The summed E-state index contributed by atoms with van der Waals surface area (Å²) >= 11 is 0. The lowest BCUT2D eigenvalue weighted by Crippen LogP contribution is -2.23. The van der Waals surface area contributed by atoms with E-state index in [0.717, 1.165) is 11.3 Å². The number of hydrogen-bond acceptors (Lipinski definition) is 5. The molecule has 0 aliphatic rings. The van der Waals surface area contributed by atoms with E-state index in [4.69, 9.17) is 9.26 Å². The van der Waals surface area contributed by atoms with Gasteiger partial charge < -0.3 is 14.2 Å². The van der Waals surface area contributed by atoms with Gasteiger partial charge in [-0.2, -0.15) is 4.98 Å². The van der Waals surface area contributed by atoms with Crippen LogP contribution < -0.4 is 4.74 Å². The van der Waals surface area contributed by atoms with Gasteiger partial charge in [-0.25, -0.2) is 0 Å². The predicted octanol–water partition coefficient (Wildman–Crippen LogP) is 1.72. The van der Waals surface area contributed by atoms with Crippen LogP contribution in [-0.4, -0.2) is 35.1 Å². The molecule has 0 saturated carbocycles. The highest BCUT2D eigenvalue weighted by Gasteiger charge is 2.12. The van der Waals surface area contributed by atoms with Gasteiger partial charge in [-0.3, -0.25) is 4.79 Å². The average Bonchev–Trinajstić information content (AvgIpc) is 2.87. The molecule has 2 rings (SSSR count). The maximum atomic E-state index is 11.1. The van der Waals surface area contributed by atoms with Gasteiger partial charge in [-0.1, -0.05) is 5.16 Å². The standard InChI is InChI=1S/C13H15N3O3/c1-9(17)16(2)8-12-14-13(15-19-12)10-4-6-11(18-3)7-5-10/h4-7H,8H2,1-3H3. The largest absolute Gasteiger partial charge is 0.497 e. The van der Waals surface area contributed by atoms with Gasteiger partial charge in [0, 0.05) is 19.5 Å². The van der Waals surface area contributed by atoms with Crippen LogP contribution in [0.4, 0.5) is 0 Å². The molecule has 0 aliphatic heterocycles. The number of ether oxygens (including phenoxy) is 1. The Morgan fingerprint density at radius 2 is 2.05 bits per heavy atom. The van der Waals surface area contributed by atoms with Crippen molar-refractivity contribution in [2.24, 2.45) is 0 Å². The Hall–Kier alpha value is -2.37. The van der Waals surface area contributed by atoms with Crippen molar-refractivity contribution in [1.29, 1.82) is 0 Å². The average molecular weight is 261 g/mol. The molecule has 1 aromatic carbocycles. The number of hydrogen-bond donors (Lipinski definition) is 0. The topological polar surface area (TPSA) is 68.5 Å². The first-order valence-corrected chi connectivity index (χ1v) is 5.79. The van der Waals surface area contributed by atoms with Crippen molar-refractivity contribution < 1.29 is 14.1 Å². The van der Waals surface area contributed by atoms with E-state index in [1.165, 1.54) is 11.8 Å². The highest BCUT2D eigenvalue weighted by atomic mass is 16.5. The van der Waals surface area contributed by atoms with Crippen molar-refractivity contribution in [1.82, 2.24) is 15.0 Å². The number of methoxy groups -OCH3 is 1. The summed E-state index contributed by atoms with van der Waals surface area (Å²) in [5, 5.41) is 3.89. The molecule has 0 N–H and O–H groups in total. The number of nitrogens with zero attached hydrogens (tertiary/aromatic N) is 3. The molecule has 19 heavy (non-hydrogen) atoms. The van der Waals surface area contributed by atoms with Crippen molar-refractivity contribution in [3.05, 3.63) is 30.2 Å². The fraction of sp³-hybridized carbons (Fsp3) is 0.308. The first kappa shape index (κ1) is 13.1. The van der Waals surface area contributed by atoms with Gasteiger partial charge in [0.2, 0.25) is 17.6 Å². The summed E-state index contributed by atoms with van der Waals surface area (Å²) in [5.41, 5.74) is 0.835. The second kappa shape index (κ2) is 5.51. The number of carbonyl (C=O) groups is 1. The Labute approximate surface area is 111 Å². The van der Waals surface area contributed by atoms with Gasteiger partial charge in [-0.05, 0) is 24.3 Å². The molecular weight excluding hydrogens is 246 g/mol. The summed E-state index contributed by atoms with van der Waals surface area (Å²) in [6.07, 6.45) is 0. The molecule has 0 spiro atoms. The van der Waals surface area contributed by atoms with Gasteiger partial charge in [0.1, 0.15) is 5.75 Å². The van der Waals surface area contributed by atoms with Crippen molar-refractivity contribution in [3.63, 3.8) is 0 Å². The molecule has 0 fully saturated rings. The zero-order valence-corrected chi connectivity index (χ0v) is 11.1. The summed E-state index contributed by atoms with van der Waals surface area (Å²) in [7, 11) is 3.29. The first-order valence-electron chi connectivity index (χ1n) is 5.79. The molecule has 1 amide bonds. The van der Waals surface area contributed by atoms with Crippen LogP contribution in [0.25, 0.3) is 11.4 Å². The second-order valence-electron chi connectivity index (χ2n) is 4.12. The molecule has 0 atom stereocenters. The summed E-state index contributed by atoms with van der Waals surface area (Å²) < 4.78 is 10.2. The Bertz CT molecular complexity index is 563. The van der Waals surface area contributed by atoms with E-state index in [1.54, 1.807) is 14.2 Å². The van der Waals surface area contributed by atoms with Gasteiger partial charge in [0.15, 0.2) is 0 Å². The third-order valence-corrected chi connectivity index (χ3v) is 2.73. The highest BCUT2D eigenvalue weighted by molar-refractivity contribution is 5.72. The fourth-order valence-electron chi connectivity index (χ4n) is 1.49. The third kappa shape index (κ3) is 3.09. The quantitative estimate of drug-likeness (QED) is 0.838. The summed E-state index contributed by atoms with van der Waals surface area (Å²) in [6.45, 7) is 1.79. The molecule has 0 saturated heterocycles. The molecule has 6 nitrogen and oxygen atoms in total. The highest BCUT2D eigenvalue weighted by Crippen LogP contribution is 2.19. The molecular formula is C13H15N3O3. The molecule has 2 aromatic rings. The smallest absolute Gasteiger partial charge is 0.246 e. The van der Waals surface area contributed by atoms with Crippen molar-refractivity contribution in [2.75, 3.05) is 14.2 Å². The van der Waals surface area contributed by atoms with Gasteiger partial charge in [0.05, 0.1) is 13.7 Å². The molecule has 1 heterocycles. The molecule has 0 radical (unpaired) electrons. The maximum Gasteiger partial charge on any atom is 0.246 e. The van der Waals surface area contributed by atoms with E-state index in [9.17, 15) is 4.79 Å². The zero-order valence-electron chi connectivity index (χ0n) is 11.1. The van der Waals surface area contributed by atoms with E-state index >= 15 is 0 Å². The summed E-state index contributed by atoms with van der Waals surface area (Å²) in [6, 6.07) is 7.35. The normalized spacial score (nSPS) is 10.3. The fourth-order valence-corrected chi connectivity index (χ4v) is 1.49. The number of carbonyl (C=O) groups excluding carboxylic acids is 1. The molecule has 0 unspecified atom stereocenters. The van der Waals surface area contributed by atoms with E-state index in [1.807, 2.05) is 24.3 Å². The number of rotatable bonds is 4. The van der Waals surface area contributed by atoms with Crippen LogP contribution in [0.15, 0.2) is 28.8 Å².